The molecule has 0 saturated carbocycles. The summed E-state index contributed by atoms with van der Waals surface area (Å²) in [5, 5.41) is 16.1. The second-order valence-corrected chi connectivity index (χ2v) is 17.6. The Balaban J connectivity index is 1.27. The van der Waals surface area contributed by atoms with Crippen LogP contribution in [0.25, 0.3) is 128 Å². The minimum absolute atomic E-state index is 0.165. The fraction of sp³-hybridized carbons (Fsp3) is 0.0164. The number of para-hydroxylation sites is 3. The van der Waals surface area contributed by atoms with E-state index in [4.69, 9.17) is 38.7 Å². The molecule has 14 rings (SSSR count). The zero-order valence-corrected chi connectivity index (χ0v) is 37.9. The first kappa shape index (κ1) is 41.0. The summed E-state index contributed by atoms with van der Waals surface area (Å²) in [4.78, 5) is 50.0. The number of benzene rings is 6. The maximum absolute atomic E-state index is 15.1. The van der Waals surface area contributed by atoms with Crippen LogP contribution in [0.2, 0.25) is 0 Å². The van der Waals surface area contributed by atoms with Gasteiger partial charge in [-0.15, -0.1) is 10.2 Å². The Morgan fingerprint density at radius 2 is 1.24 bits per heavy atom. The van der Waals surface area contributed by atoms with E-state index in [1.165, 1.54) is 0 Å². The third kappa shape index (κ3) is 6.59. The van der Waals surface area contributed by atoms with E-state index in [2.05, 4.69) is 4.98 Å². The quantitative estimate of drug-likeness (QED) is 0.147. The molecule has 0 saturated heterocycles. The maximum atomic E-state index is 15.1. The Labute approximate surface area is 408 Å². The molecule has 0 amide bonds. The van der Waals surface area contributed by atoms with E-state index in [1.54, 1.807) is 30.6 Å². The third-order valence-corrected chi connectivity index (χ3v) is 13.5. The third-order valence-electron chi connectivity index (χ3n) is 13.5. The van der Waals surface area contributed by atoms with Crippen LogP contribution in [0.1, 0.15) is 17.2 Å². The molecule has 1 atom stereocenters. The van der Waals surface area contributed by atoms with Crippen molar-refractivity contribution in [2.24, 2.45) is 0 Å². The van der Waals surface area contributed by atoms with Gasteiger partial charge >= 0.3 is 11.3 Å². The fourth-order valence-electron chi connectivity index (χ4n) is 10.2. The van der Waals surface area contributed by atoms with Gasteiger partial charge in [0, 0.05) is 72.7 Å². The summed E-state index contributed by atoms with van der Waals surface area (Å²) in [6.07, 6.45) is 6.53. The van der Waals surface area contributed by atoms with Crippen LogP contribution in [0.5, 0.6) is 5.75 Å². The molecular formula is C61H34N6O5. The van der Waals surface area contributed by atoms with Crippen molar-refractivity contribution in [2.45, 2.75) is 6.10 Å². The molecule has 338 valence electrons. The highest BCUT2D eigenvalue weighted by Gasteiger charge is 2.36. The van der Waals surface area contributed by atoms with Gasteiger partial charge in [0.15, 0.2) is 5.65 Å². The molecule has 0 spiro atoms. The molecule has 72 heavy (non-hydrogen) atoms. The predicted octanol–water partition coefficient (Wildman–Crippen LogP) is 13.4. The number of aromatic nitrogens is 6. The Hall–Kier alpha value is -10.0. The molecule has 0 aliphatic carbocycles. The van der Waals surface area contributed by atoms with E-state index in [0.29, 0.717) is 100 Å². The summed E-state index contributed by atoms with van der Waals surface area (Å²) in [6, 6.07) is 55.5. The molecule has 8 heterocycles. The number of fused-ring (bicyclic) bond motifs is 7. The minimum Gasteiger partial charge on any atom is -0.481 e. The average Bonchev–Trinajstić information content (AvgIpc) is 3.43. The molecule has 0 fully saturated rings. The Kier molecular flexibility index (Phi) is 9.30. The van der Waals surface area contributed by atoms with Gasteiger partial charge < -0.3 is 13.6 Å². The molecule has 0 radical (unpaired) electrons. The van der Waals surface area contributed by atoms with Gasteiger partial charge in [0.05, 0.1) is 33.5 Å². The summed E-state index contributed by atoms with van der Waals surface area (Å²) >= 11 is 0. The molecule has 7 aromatic heterocycles. The van der Waals surface area contributed by atoms with Crippen molar-refractivity contribution in [3.05, 3.63) is 226 Å². The van der Waals surface area contributed by atoms with Crippen molar-refractivity contribution >= 4 is 71.4 Å². The predicted molar refractivity (Wildman–Crippen MR) is 281 cm³/mol. The normalized spacial score (nSPS) is 13.3. The van der Waals surface area contributed by atoms with Gasteiger partial charge in [-0.1, -0.05) is 109 Å². The molecular weight excluding hydrogens is 897 g/mol. The molecule has 0 N–H and O–H groups in total. The van der Waals surface area contributed by atoms with Gasteiger partial charge in [-0.2, -0.15) is 0 Å². The molecule has 13 aromatic rings. The molecule has 1 aliphatic rings. The molecule has 0 bridgehead atoms. The summed E-state index contributed by atoms with van der Waals surface area (Å²) in [6.45, 7) is 0. The minimum atomic E-state index is -0.899. The lowest BCUT2D eigenvalue weighted by Crippen LogP contribution is -2.16. The van der Waals surface area contributed by atoms with Crippen molar-refractivity contribution < 1.29 is 13.6 Å². The standard InChI is InChI=1S/C61H34N6O5/c68-60-41-19-7-2-15-38(41)33-49(72-60)52-50(42-32-39-16-5-10-22-47(39)71-61(42)69)53(48-28-25-36-14-4-9-21-46(36)70-48)58-54(51(52)44-26-23-35-13-3-8-20-43(35)64-44)55(56-40-18-6-1-12-34(40)29-31-62-56)57(66-67-58)45-27-24-37-17-11-30-63-59(37)65-45/h1-33,48H. The highest BCUT2D eigenvalue weighted by Crippen LogP contribution is 2.53. The summed E-state index contributed by atoms with van der Waals surface area (Å²) in [5.41, 5.74) is 6.02. The monoisotopic (exact) mass is 930 g/mol. The van der Waals surface area contributed by atoms with Crippen LogP contribution in [0.4, 0.5) is 0 Å². The second-order valence-electron chi connectivity index (χ2n) is 17.6. The van der Waals surface area contributed by atoms with Gasteiger partial charge in [0.25, 0.3) is 0 Å². The fourth-order valence-corrected chi connectivity index (χ4v) is 10.2. The van der Waals surface area contributed by atoms with Crippen LogP contribution in [0.3, 0.4) is 0 Å². The summed E-state index contributed by atoms with van der Waals surface area (Å²) < 4.78 is 19.9. The molecule has 1 unspecified atom stereocenters. The average molecular weight is 931 g/mol. The SMILES string of the molecule is O=c1oc2ccccc2cc1-c1c(-c2cc3ccccc3c(=O)o2)c(-c2ccc3ccccc3n2)c2c(-c3nccc4ccccc34)c(-c3ccc4cccnc4n3)nnc2c1C1C=Cc2ccccc2O1. The van der Waals surface area contributed by atoms with Gasteiger partial charge in [-0.05, 0) is 89.6 Å². The van der Waals surface area contributed by atoms with Gasteiger partial charge in [-0.25, -0.2) is 24.5 Å². The van der Waals surface area contributed by atoms with Gasteiger partial charge in [-0.3, -0.25) is 4.98 Å². The lowest BCUT2D eigenvalue weighted by Gasteiger charge is -2.28. The number of nitrogens with zero attached hydrogens (tertiary/aromatic N) is 6. The van der Waals surface area contributed by atoms with Crippen LogP contribution in [0.15, 0.2) is 213 Å². The highest BCUT2D eigenvalue weighted by molar-refractivity contribution is 6.19. The number of hydrogen-bond acceptors (Lipinski definition) is 11. The lowest BCUT2D eigenvalue weighted by molar-refractivity contribution is 0.253. The van der Waals surface area contributed by atoms with E-state index in [1.807, 2.05) is 170 Å². The van der Waals surface area contributed by atoms with Crippen molar-refractivity contribution in [1.29, 1.82) is 0 Å². The van der Waals surface area contributed by atoms with Crippen molar-refractivity contribution in [3.8, 4) is 62.1 Å². The second kappa shape index (κ2) is 16.3. The smallest absolute Gasteiger partial charge is 0.344 e. The van der Waals surface area contributed by atoms with Crippen LogP contribution in [0, 0.1) is 0 Å². The van der Waals surface area contributed by atoms with Crippen LogP contribution in [-0.2, 0) is 0 Å². The number of hydrogen-bond donors (Lipinski definition) is 0. The Morgan fingerprint density at radius 3 is 2.15 bits per heavy atom. The zero-order valence-electron chi connectivity index (χ0n) is 37.9. The van der Waals surface area contributed by atoms with Crippen molar-refractivity contribution in [1.82, 2.24) is 30.1 Å². The first-order valence-corrected chi connectivity index (χ1v) is 23.4. The topological polar surface area (TPSA) is 147 Å². The molecule has 6 aromatic carbocycles. The number of pyridine rings is 4. The first-order chi connectivity index (χ1) is 35.5. The van der Waals surface area contributed by atoms with Crippen LogP contribution in [-0.4, -0.2) is 30.1 Å². The summed E-state index contributed by atoms with van der Waals surface area (Å²) in [5.74, 6) is 0.778. The van der Waals surface area contributed by atoms with Crippen LogP contribution < -0.4 is 16.0 Å². The lowest BCUT2D eigenvalue weighted by atomic mass is 9.80. The van der Waals surface area contributed by atoms with Gasteiger partial charge in [0.1, 0.15) is 34.4 Å². The Morgan fingerprint density at radius 1 is 0.486 bits per heavy atom. The van der Waals surface area contributed by atoms with E-state index in [0.717, 1.165) is 27.1 Å². The van der Waals surface area contributed by atoms with Crippen molar-refractivity contribution in [3.63, 3.8) is 0 Å². The van der Waals surface area contributed by atoms with Crippen LogP contribution >= 0.6 is 0 Å². The van der Waals surface area contributed by atoms with E-state index < -0.39 is 17.4 Å². The highest BCUT2D eigenvalue weighted by atomic mass is 16.5. The zero-order chi connectivity index (χ0) is 47.9. The molecule has 11 heteroatoms. The number of rotatable bonds is 6. The first-order valence-electron chi connectivity index (χ1n) is 23.4. The Bertz CT molecular complexity index is 4580. The number of ether oxygens (including phenoxy) is 1. The van der Waals surface area contributed by atoms with E-state index >= 15 is 4.79 Å². The summed E-state index contributed by atoms with van der Waals surface area (Å²) in [7, 11) is 0. The van der Waals surface area contributed by atoms with Gasteiger partial charge in [0.2, 0.25) is 0 Å². The van der Waals surface area contributed by atoms with E-state index in [9.17, 15) is 4.79 Å². The largest absolute Gasteiger partial charge is 0.481 e. The van der Waals surface area contributed by atoms with Crippen molar-refractivity contribution in [2.75, 3.05) is 0 Å². The molecule has 11 nitrogen and oxygen atoms in total. The molecule has 1 aliphatic heterocycles. The maximum Gasteiger partial charge on any atom is 0.344 e. The van der Waals surface area contributed by atoms with E-state index in [-0.39, 0.29) is 11.3 Å².